The number of hydrogen-bond donors (Lipinski definition) is 1. The highest BCUT2D eigenvalue weighted by atomic mass is 16.3. The first-order valence-corrected chi connectivity index (χ1v) is 7.51. The van der Waals surface area contributed by atoms with Crippen LogP contribution in [0.25, 0.3) is 5.76 Å². The van der Waals surface area contributed by atoms with E-state index in [1.54, 1.807) is 12.1 Å². The lowest BCUT2D eigenvalue weighted by Gasteiger charge is -2.19. The van der Waals surface area contributed by atoms with Crippen LogP contribution in [-0.4, -0.2) is 34.3 Å². The lowest BCUT2D eigenvalue weighted by molar-refractivity contribution is -0.126. The fourth-order valence-electron chi connectivity index (χ4n) is 2.49. The quantitative estimate of drug-likeness (QED) is 0.519. The molecule has 1 amide bonds. The number of Topliss-reactive ketones (excluding diaryl/α,β-unsaturated/α-hetero) is 1. The van der Waals surface area contributed by atoms with Crippen molar-refractivity contribution in [1.29, 1.82) is 0 Å². The van der Waals surface area contributed by atoms with E-state index in [9.17, 15) is 14.7 Å². The second-order valence-electron chi connectivity index (χ2n) is 7.00. The maximum atomic E-state index is 12.3. The summed E-state index contributed by atoms with van der Waals surface area (Å²) in [5.74, 6) is -0.938. The van der Waals surface area contributed by atoms with Gasteiger partial charge in [-0.3, -0.25) is 9.59 Å². The average molecular weight is 301 g/mol. The predicted molar refractivity (Wildman–Crippen MR) is 86.5 cm³/mol. The van der Waals surface area contributed by atoms with E-state index in [2.05, 4.69) is 20.8 Å². The Morgan fingerprint density at radius 2 is 1.68 bits per heavy atom. The van der Waals surface area contributed by atoms with E-state index in [0.717, 1.165) is 5.56 Å². The van der Waals surface area contributed by atoms with E-state index in [4.69, 9.17) is 0 Å². The van der Waals surface area contributed by atoms with Crippen LogP contribution in [0, 0.1) is 0 Å². The van der Waals surface area contributed by atoms with Crippen molar-refractivity contribution in [1.82, 2.24) is 4.90 Å². The number of carbonyl (C=O) groups excluding carboxylic acids is 2. The molecule has 0 spiro atoms. The monoisotopic (exact) mass is 301 g/mol. The van der Waals surface area contributed by atoms with E-state index >= 15 is 0 Å². The van der Waals surface area contributed by atoms with Gasteiger partial charge in [0.1, 0.15) is 11.3 Å². The summed E-state index contributed by atoms with van der Waals surface area (Å²) in [4.78, 5) is 25.8. The first kappa shape index (κ1) is 16.3. The number of amides is 1. The van der Waals surface area contributed by atoms with Crippen LogP contribution in [0.4, 0.5) is 0 Å². The van der Waals surface area contributed by atoms with Gasteiger partial charge in [0, 0.05) is 11.6 Å². The van der Waals surface area contributed by atoms with E-state index in [0.29, 0.717) is 5.56 Å². The lowest BCUT2D eigenvalue weighted by atomic mass is 9.86. The zero-order chi connectivity index (χ0) is 16.7. The largest absolute Gasteiger partial charge is 0.506 e. The van der Waals surface area contributed by atoms with Crippen molar-refractivity contribution in [2.45, 2.75) is 46.1 Å². The Hall–Kier alpha value is -2.10. The third kappa shape index (κ3) is 2.91. The van der Waals surface area contributed by atoms with Crippen LogP contribution in [0.5, 0.6) is 0 Å². The lowest BCUT2D eigenvalue weighted by Crippen LogP contribution is -2.32. The number of likely N-dealkylation sites (tertiary alicyclic amines) is 1. The van der Waals surface area contributed by atoms with Gasteiger partial charge in [0.25, 0.3) is 5.91 Å². The molecular formula is C18H23NO3. The van der Waals surface area contributed by atoms with Crippen molar-refractivity contribution in [3.05, 3.63) is 41.0 Å². The van der Waals surface area contributed by atoms with Gasteiger partial charge in [0.05, 0.1) is 6.54 Å². The minimum absolute atomic E-state index is 0.00866. The van der Waals surface area contributed by atoms with Gasteiger partial charge in [0.2, 0.25) is 0 Å². The highest BCUT2D eigenvalue weighted by Crippen LogP contribution is 2.27. The van der Waals surface area contributed by atoms with Crippen LogP contribution < -0.4 is 0 Å². The van der Waals surface area contributed by atoms with Crippen molar-refractivity contribution in [2.75, 3.05) is 6.54 Å². The third-order valence-electron chi connectivity index (χ3n) is 3.95. The zero-order valence-corrected chi connectivity index (χ0v) is 13.8. The summed E-state index contributed by atoms with van der Waals surface area (Å²) < 4.78 is 0. The Morgan fingerprint density at radius 1 is 1.14 bits per heavy atom. The van der Waals surface area contributed by atoms with Crippen LogP contribution in [0.1, 0.15) is 45.7 Å². The molecule has 1 fully saturated rings. The Kier molecular flexibility index (Phi) is 4.14. The minimum atomic E-state index is -0.391. The molecule has 0 radical (unpaired) electrons. The first-order chi connectivity index (χ1) is 10.1. The predicted octanol–water partition coefficient (Wildman–Crippen LogP) is 3.07. The van der Waals surface area contributed by atoms with E-state index in [-0.39, 0.29) is 35.1 Å². The molecule has 22 heavy (non-hydrogen) atoms. The molecule has 0 saturated carbocycles. The van der Waals surface area contributed by atoms with Gasteiger partial charge in [-0.25, -0.2) is 0 Å². The maximum absolute atomic E-state index is 12.3. The Bertz CT molecular complexity index is 633. The number of aliphatic hydroxyl groups excluding tert-OH is 1. The van der Waals surface area contributed by atoms with Gasteiger partial charge < -0.3 is 10.0 Å². The zero-order valence-electron chi connectivity index (χ0n) is 13.8. The van der Waals surface area contributed by atoms with Crippen LogP contribution in [-0.2, 0) is 15.0 Å². The molecule has 118 valence electrons. The molecule has 1 N–H and O–H groups in total. The third-order valence-corrected chi connectivity index (χ3v) is 3.95. The molecule has 1 aromatic carbocycles. The smallest absolute Gasteiger partial charge is 0.262 e. The second-order valence-corrected chi connectivity index (χ2v) is 7.00. The Labute approximate surface area is 131 Å². The maximum Gasteiger partial charge on any atom is 0.262 e. The van der Waals surface area contributed by atoms with Crippen LogP contribution in [0.15, 0.2) is 29.8 Å². The molecule has 0 bridgehead atoms. The van der Waals surface area contributed by atoms with Crippen LogP contribution in [0.3, 0.4) is 0 Å². The summed E-state index contributed by atoms with van der Waals surface area (Å²) in [6, 6.07) is 7.26. The molecule has 1 aliphatic rings. The Balaban J connectivity index is 2.40. The summed E-state index contributed by atoms with van der Waals surface area (Å²) in [6.45, 7) is 10.0. The number of benzene rings is 1. The normalized spacial score (nSPS) is 18.4. The van der Waals surface area contributed by atoms with Crippen molar-refractivity contribution in [2.24, 2.45) is 0 Å². The molecule has 1 saturated heterocycles. The molecule has 0 aromatic heterocycles. The summed E-state index contributed by atoms with van der Waals surface area (Å²) in [5, 5.41) is 10.4. The van der Waals surface area contributed by atoms with Crippen molar-refractivity contribution in [3.63, 3.8) is 0 Å². The number of hydrogen-bond acceptors (Lipinski definition) is 3. The number of aliphatic hydroxyl groups is 1. The van der Waals surface area contributed by atoms with Crippen LogP contribution >= 0.6 is 0 Å². The van der Waals surface area contributed by atoms with Gasteiger partial charge >= 0.3 is 0 Å². The first-order valence-electron chi connectivity index (χ1n) is 7.51. The molecule has 1 heterocycles. The van der Waals surface area contributed by atoms with Gasteiger partial charge in [0.15, 0.2) is 5.78 Å². The molecule has 0 aliphatic carbocycles. The fourth-order valence-corrected chi connectivity index (χ4v) is 2.49. The van der Waals surface area contributed by atoms with Gasteiger partial charge in [-0.05, 0) is 24.8 Å². The second kappa shape index (κ2) is 5.59. The number of rotatable bonds is 2. The van der Waals surface area contributed by atoms with Crippen molar-refractivity contribution >= 4 is 17.4 Å². The van der Waals surface area contributed by atoms with E-state index in [1.165, 1.54) is 4.90 Å². The number of nitrogens with zero attached hydrogens (tertiary/aromatic N) is 1. The summed E-state index contributed by atoms with van der Waals surface area (Å²) in [7, 11) is 0. The molecule has 4 nitrogen and oxygen atoms in total. The van der Waals surface area contributed by atoms with E-state index in [1.807, 2.05) is 26.0 Å². The summed E-state index contributed by atoms with van der Waals surface area (Å²) in [5.41, 5.74) is 1.53. The standard InChI is InChI=1S/C18H23NO3/c1-11(2)19-10-14(20)15(17(19)22)16(21)12-6-8-13(9-7-12)18(3,4)5/h6-9,11,21H,10H2,1-5H3/b16-15+. The molecule has 2 rings (SSSR count). The summed E-state index contributed by atoms with van der Waals surface area (Å²) in [6.07, 6.45) is 0. The van der Waals surface area contributed by atoms with Gasteiger partial charge in [-0.15, -0.1) is 0 Å². The summed E-state index contributed by atoms with van der Waals surface area (Å²) >= 11 is 0. The molecule has 0 atom stereocenters. The SMILES string of the molecule is CC(C)N1CC(=O)/C(=C(\O)c2ccc(C(C)(C)C)cc2)C1=O. The number of ketones is 1. The highest BCUT2D eigenvalue weighted by Gasteiger charge is 2.38. The molecular weight excluding hydrogens is 278 g/mol. The molecule has 1 aliphatic heterocycles. The number of carbonyl (C=O) groups is 2. The highest BCUT2D eigenvalue weighted by molar-refractivity contribution is 6.28. The minimum Gasteiger partial charge on any atom is -0.506 e. The topological polar surface area (TPSA) is 57.6 Å². The van der Waals surface area contributed by atoms with Gasteiger partial charge in [-0.2, -0.15) is 0 Å². The van der Waals surface area contributed by atoms with Gasteiger partial charge in [-0.1, -0.05) is 45.0 Å². The molecule has 0 unspecified atom stereocenters. The fraction of sp³-hybridized carbons (Fsp3) is 0.444. The Morgan fingerprint density at radius 3 is 2.09 bits per heavy atom. The van der Waals surface area contributed by atoms with E-state index < -0.39 is 5.91 Å². The average Bonchev–Trinajstić information content (AvgIpc) is 2.73. The molecule has 4 heteroatoms. The van der Waals surface area contributed by atoms with Crippen molar-refractivity contribution < 1.29 is 14.7 Å². The van der Waals surface area contributed by atoms with Crippen molar-refractivity contribution in [3.8, 4) is 0 Å². The van der Waals surface area contributed by atoms with Crippen LogP contribution in [0.2, 0.25) is 0 Å². The molecule has 1 aromatic rings.